The van der Waals surface area contributed by atoms with Gasteiger partial charge in [0.15, 0.2) is 0 Å². The molecule has 2 amide bonds. The molecule has 10 heteroatoms. The summed E-state index contributed by atoms with van der Waals surface area (Å²) >= 11 is 5.80. The number of halogens is 2. The highest BCUT2D eigenvalue weighted by Crippen LogP contribution is 2.22. The number of carbonyl (C=O) groups is 1. The van der Waals surface area contributed by atoms with E-state index >= 15 is 0 Å². The van der Waals surface area contributed by atoms with Crippen molar-refractivity contribution in [3.05, 3.63) is 52.1 Å². The van der Waals surface area contributed by atoms with E-state index in [0.717, 1.165) is 11.3 Å². The first-order valence-electron chi connectivity index (χ1n) is 9.24. The van der Waals surface area contributed by atoms with Crippen molar-refractivity contribution < 1.29 is 19.4 Å². The second-order valence-corrected chi connectivity index (χ2v) is 7.33. The molecule has 0 radical (unpaired) electrons. The zero-order valence-corrected chi connectivity index (χ0v) is 16.7. The topological polar surface area (TPSA) is 111 Å². The number of hydrogen-bond acceptors (Lipinski definition) is 6. The molecule has 156 valence electrons. The average Bonchev–Trinajstić information content (AvgIpc) is 2.73. The molecule has 29 heavy (non-hydrogen) atoms. The van der Waals surface area contributed by atoms with Gasteiger partial charge in [-0.1, -0.05) is 17.7 Å². The SMILES string of the molecule is CC(CO)Nc1ncc2c(n1)CN(C(=O)N[C@H](CO)c1ccc(F)c(Cl)c1)CC2. The molecule has 0 fully saturated rings. The zero-order chi connectivity index (χ0) is 21.0. The Balaban J connectivity index is 1.69. The van der Waals surface area contributed by atoms with E-state index in [9.17, 15) is 14.3 Å². The van der Waals surface area contributed by atoms with Crippen LogP contribution in [0.2, 0.25) is 5.02 Å². The molecule has 8 nitrogen and oxygen atoms in total. The molecule has 0 spiro atoms. The Kier molecular flexibility index (Phi) is 6.83. The lowest BCUT2D eigenvalue weighted by molar-refractivity contribution is 0.176. The Hall–Kier alpha value is -2.49. The maximum Gasteiger partial charge on any atom is 0.318 e. The number of anilines is 1. The van der Waals surface area contributed by atoms with Crippen molar-refractivity contribution in [1.29, 1.82) is 0 Å². The predicted molar refractivity (Wildman–Crippen MR) is 106 cm³/mol. The van der Waals surface area contributed by atoms with Crippen LogP contribution in [0.25, 0.3) is 0 Å². The summed E-state index contributed by atoms with van der Waals surface area (Å²) in [5, 5.41) is 24.5. The van der Waals surface area contributed by atoms with Crippen LogP contribution in [0.4, 0.5) is 15.1 Å². The number of rotatable bonds is 6. The highest BCUT2D eigenvalue weighted by Gasteiger charge is 2.25. The van der Waals surface area contributed by atoms with Gasteiger partial charge in [-0.3, -0.25) is 0 Å². The molecule has 2 heterocycles. The minimum absolute atomic E-state index is 0.0507. The van der Waals surface area contributed by atoms with Gasteiger partial charge in [0.25, 0.3) is 0 Å². The van der Waals surface area contributed by atoms with Gasteiger partial charge in [0.05, 0.1) is 36.5 Å². The Morgan fingerprint density at radius 1 is 1.38 bits per heavy atom. The van der Waals surface area contributed by atoms with Gasteiger partial charge in [-0.05, 0) is 36.6 Å². The van der Waals surface area contributed by atoms with E-state index in [-0.39, 0.29) is 36.9 Å². The summed E-state index contributed by atoms with van der Waals surface area (Å²) in [6, 6.07) is 2.78. The number of aliphatic hydroxyl groups is 2. The molecule has 3 rings (SSSR count). The summed E-state index contributed by atoms with van der Waals surface area (Å²) in [6.07, 6.45) is 2.33. The molecule has 0 saturated heterocycles. The van der Waals surface area contributed by atoms with Gasteiger partial charge in [-0.25, -0.2) is 19.2 Å². The number of fused-ring (bicyclic) bond motifs is 1. The van der Waals surface area contributed by atoms with Gasteiger partial charge in [0, 0.05) is 18.8 Å². The van der Waals surface area contributed by atoms with Crippen LogP contribution in [0, 0.1) is 5.82 Å². The highest BCUT2D eigenvalue weighted by atomic mass is 35.5. The first kappa shape index (κ1) is 21.2. The van der Waals surface area contributed by atoms with Crippen LogP contribution in [0.5, 0.6) is 0 Å². The van der Waals surface area contributed by atoms with Crippen molar-refractivity contribution in [1.82, 2.24) is 20.2 Å². The number of aromatic nitrogens is 2. The van der Waals surface area contributed by atoms with Crippen LogP contribution in [0.1, 0.15) is 29.8 Å². The number of hydrogen-bond donors (Lipinski definition) is 4. The Morgan fingerprint density at radius 2 is 2.17 bits per heavy atom. The van der Waals surface area contributed by atoms with Crippen LogP contribution in [0.15, 0.2) is 24.4 Å². The zero-order valence-electron chi connectivity index (χ0n) is 15.9. The van der Waals surface area contributed by atoms with Gasteiger partial charge in [0.2, 0.25) is 5.95 Å². The van der Waals surface area contributed by atoms with Crippen molar-refractivity contribution in [3.63, 3.8) is 0 Å². The first-order valence-corrected chi connectivity index (χ1v) is 9.62. The standard InChI is InChI=1S/C19H23ClFN5O3/c1-11(9-27)23-18-22-7-13-4-5-26(8-16(13)24-18)19(29)25-17(10-28)12-2-3-15(21)14(20)6-12/h2-3,6-7,11,17,27-28H,4-5,8-10H2,1H3,(H,25,29)(H,22,23,24)/t11?,17-/m1/s1. The highest BCUT2D eigenvalue weighted by molar-refractivity contribution is 6.30. The second kappa shape index (κ2) is 9.34. The van der Waals surface area contributed by atoms with E-state index in [1.165, 1.54) is 18.2 Å². The number of urea groups is 1. The molecule has 2 aromatic rings. The number of benzene rings is 1. The van der Waals surface area contributed by atoms with Crippen LogP contribution in [-0.4, -0.2) is 56.9 Å². The quantitative estimate of drug-likeness (QED) is 0.564. The van der Waals surface area contributed by atoms with E-state index in [0.29, 0.717) is 24.5 Å². The number of amides is 2. The normalized spacial score (nSPS) is 15.4. The maximum absolute atomic E-state index is 13.4. The van der Waals surface area contributed by atoms with Crippen LogP contribution in [0.3, 0.4) is 0 Å². The molecule has 1 aromatic heterocycles. The smallest absolute Gasteiger partial charge is 0.318 e. The summed E-state index contributed by atoms with van der Waals surface area (Å²) in [4.78, 5) is 23.0. The van der Waals surface area contributed by atoms with Gasteiger partial charge in [-0.2, -0.15) is 0 Å². The number of carbonyl (C=O) groups excluding carboxylic acids is 1. The minimum atomic E-state index is -0.713. The number of nitrogens with one attached hydrogen (secondary N) is 2. The first-order chi connectivity index (χ1) is 13.9. The molecule has 1 aliphatic rings. The minimum Gasteiger partial charge on any atom is -0.394 e. The third kappa shape index (κ3) is 5.11. The van der Waals surface area contributed by atoms with Gasteiger partial charge in [0.1, 0.15) is 5.82 Å². The Bertz CT molecular complexity index is 885. The molecule has 0 aliphatic carbocycles. The fourth-order valence-electron chi connectivity index (χ4n) is 3.02. The maximum atomic E-state index is 13.4. The van der Waals surface area contributed by atoms with Gasteiger partial charge < -0.3 is 25.7 Å². The summed E-state index contributed by atoms with van der Waals surface area (Å²) in [5.41, 5.74) is 2.19. The van der Waals surface area contributed by atoms with Gasteiger partial charge >= 0.3 is 6.03 Å². The summed E-state index contributed by atoms with van der Waals surface area (Å²) in [7, 11) is 0. The number of aliphatic hydroxyl groups excluding tert-OH is 2. The lowest BCUT2D eigenvalue weighted by atomic mass is 10.1. The van der Waals surface area contributed by atoms with Crippen LogP contribution >= 0.6 is 11.6 Å². The van der Waals surface area contributed by atoms with Gasteiger partial charge in [-0.15, -0.1) is 0 Å². The molecular weight excluding hydrogens is 401 g/mol. The Morgan fingerprint density at radius 3 is 2.86 bits per heavy atom. The molecule has 4 N–H and O–H groups in total. The van der Waals surface area contributed by atoms with Crippen LogP contribution < -0.4 is 10.6 Å². The summed E-state index contributed by atoms with van der Waals surface area (Å²) in [5.74, 6) is -0.174. The van der Waals surface area contributed by atoms with Crippen molar-refractivity contribution in [3.8, 4) is 0 Å². The molecule has 2 atom stereocenters. The van der Waals surface area contributed by atoms with E-state index in [2.05, 4.69) is 20.6 Å². The lowest BCUT2D eigenvalue weighted by Gasteiger charge is -2.30. The van der Waals surface area contributed by atoms with Crippen molar-refractivity contribution >= 4 is 23.6 Å². The summed E-state index contributed by atoms with van der Waals surface area (Å²) < 4.78 is 13.4. The average molecular weight is 424 g/mol. The largest absolute Gasteiger partial charge is 0.394 e. The third-order valence-electron chi connectivity index (χ3n) is 4.71. The number of nitrogens with zero attached hydrogens (tertiary/aromatic N) is 3. The molecule has 0 saturated carbocycles. The summed E-state index contributed by atoms with van der Waals surface area (Å²) in [6.45, 7) is 2.16. The fourth-order valence-corrected chi connectivity index (χ4v) is 3.20. The third-order valence-corrected chi connectivity index (χ3v) is 5.00. The molecular formula is C19H23ClFN5O3. The van der Waals surface area contributed by atoms with Crippen LogP contribution in [-0.2, 0) is 13.0 Å². The van der Waals surface area contributed by atoms with Crippen molar-refractivity contribution in [2.75, 3.05) is 25.1 Å². The second-order valence-electron chi connectivity index (χ2n) is 6.92. The van der Waals surface area contributed by atoms with E-state index in [1.807, 2.05) is 0 Å². The fraction of sp³-hybridized carbons (Fsp3) is 0.421. The molecule has 1 aromatic carbocycles. The lowest BCUT2D eigenvalue weighted by Crippen LogP contribution is -2.45. The van der Waals surface area contributed by atoms with E-state index < -0.39 is 11.9 Å². The monoisotopic (exact) mass is 423 g/mol. The Labute approximate surface area is 172 Å². The molecule has 1 unspecified atom stereocenters. The van der Waals surface area contributed by atoms with E-state index in [4.69, 9.17) is 16.7 Å². The predicted octanol–water partition coefficient (Wildman–Crippen LogP) is 1.86. The van der Waals surface area contributed by atoms with Crippen molar-refractivity contribution in [2.45, 2.75) is 32.0 Å². The molecule has 0 bridgehead atoms. The van der Waals surface area contributed by atoms with E-state index in [1.54, 1.807) is 18.0 Å². The molecule has 1 aliphatic heterocycles. The van der Waals surface area contributed by atoms with Crippen molar-refractivity contribution in [2.24, 2.45) is 0 Å².